The normalized spacial score (nSPS) is 10.5. The van der Waals surface area contributed by atoms with Crippen LogP contribution in [0.5, 0.6) is 0 Å². The monoisotopic (exact) mass is 292 g/mol. The van der Waals surface area contributed by atoms with Crippen LogP contribution in [-0.4, -0.2) is 22.2 Å². The number of carboxylic acid groups (broad SMARTS) is 2. The Labute approximate surface area is 126 Å². The standard InChI is InChI=1S/C18H12O4/c19-17(20)13-7-5-12(6-8-13)15-10-9-11-3-1-2-4-14(11)16(15)18(21)22/h1-10H,(H,19,20)(H,21,22). The van der Waals surface area contributed by atoms with Gasteiger partial charge in [0.25, 0.3) is 0 Å². The molecule has 0 unspecified atom stereocenters. The third-order valence-electron chi connectivity index (χ3n) is 3.59. The minimum absolute atomic E-state index is 0.168. The van der Waals surface area contributed by atoms with Crippen LogP contribution in [0, 0.1) is 0 Å². The molecule has 0 atom stereocenters. The van der Waals surface area contributed by atoms with Crippen LogP contribution in [-0.2, 0) is 0 Å². The second-order valence-electron chi connectivity index (χ2n) is 4.90. The number of rotatable bonds is 3. The third-order valence-corrected chi connectivity index (χ3v) is 3.59. The summed E-state index contributed by atoms with van der Waals surface area (Å²) in [6, 6.07) is 17.1. The summed E-state index contributed by atoms with van der Waals surface area (Å²) in [6.45, 7) is 0. The summed E-state index contributed by atoms with van der Waals surface area (Å²) in [4.78, 5) is 22.6. The van der Waals surface area contributed by atoms with Crippen molar-refractivity contribution in [3.63, 3.8) is 0 Å². The molecule has 22 heavy (non-hydrogen) atoms. The Morgan fingerprint density at radius 3 is 2.05 bits per heavy atom. The first-order valence-electron chi connectivity index (χ1n) is 6.66. The summed E-state index contributed by atoms with van der Waals surface area (Å²) in [5, 5.41) is 20.0. The molecule has 108 valence electrons. The maximum Gasteiger partial charge on any atom is 0.336 e. The molecule has 3 rings (SSSR count). The van der Waals surface area contributed by atoms with E-state index in [1.807, 2.05) is 18.2 Å². The van der Waals surface area contributed by atoms with E-state index in [0.29, 0.717) is 16.5 Å². The lowest BCUT2D eigenvalue weighted by Gasteiger charge is -2.10. The van der Waals surface area contributed by atoms with Crippen molar-refractivity contribution in [3.8, 4) is 11.1 Å². The van der Waals surface area contributed by atoms with Crippen molar-refractivity contribution >= 4 is 22.7 Å². The molecule has 0 saturated heterocycles. The molecule has 0 radical (unpaired) electrons. The highest BCUT2D eigenvalue weighted by Crippen LogP contribution is 2.30. The summed E-state index contributed by atoms with van der Waals surface area (Å²) >= 11 is 0. The Morgan fingerprint density at radius 2 is 1.41 bits per heavy atom. The average Bonchev–Trinajstić information content (AvgIpc) is 2.53. The number of fused-ring (bicyclic) bond motifs is 1. The number of benzene rings is 3. The van der Waals surface area contributed by atoms with Crippen LogP contribution in [0.4, 0.5) is 0 Å². The van der Waals surface area contributed by atoms with Crippen molar-refractivity contribution in [1.82, 2.24) is 0 Å². The van der Waals surface area contributed by atoms with E-state index in [2.05, 4.69) is 0 Å². The van der Waals surface area contributed by atoms with Gasteiger partial charge in [0.05, 0.1) is 11.1 Å². The topological polar surface area (TPSA) is 74.6 Å². The second kappa shape index (κ2) is 5.33. The predicted molar refractivity (Wildman–Crippen MR) is 83.3 cm³/mol. The Balaban J connectivity index is 2.24. The fourth-order valence-corrected chi connectivity index (χ4v) is 2.53. The van der Waals surface area contributed by atoms with E-state index in [9.17, 15) is 14.7 Å². The zero-order chi connectivity index (χ0) is 15.7. The summed E-state index contributed by atoms with van der Waals surface area (Å²) in [5.74, 6) is -2.02. The fourth-order valence-electron chi connectivity index (χ4n) is 2.53. The van der Waals surface area contributed by atoms with Crippen LogP contribution in [0.15, 0.2) is 60.7 Å². The van der Waals surface area contributed by atoms with Crippen LogP contribution in [0.2, 0.25) is 0 Å². The van der Waals surface area contributed by atoms with Gasteiger partial charge in [-0.05, 0) is 34.0 Å². The smallest absolute Gasteiger partial charge is 0.336 e. The molecule has 0 aliphatic heterocycles. The van der Waals surface area contributed by atoms with Gasteiger partial charge in [-0.25, -0.2) is 9.59 Å². The van der Waals surface area contributed by atoms with Crippen LogP contribution in [0.1, 0.15) is 20.7 Å². The predicted octanol–water partition coefficient (Wildman–Crippen LogP) is 3.90. The molecular formula is C18H12O4. The lowest BCUT2D eigenvalue weighted by molar-refractivity contribution is 0.0687. The Morgan fingerprint density at radius 1 is 0.727 bits per heavy atom. The molecule has 0 amide bonds. The van der Waals surface area contributed by atoms with Crippen molar-refractivity contribution in [2.45, 2.75) is 0 Å². The first kappa shape index (κ1) is 13.8. The average molecular weight is 292 g/mol. The summed E-state index contributed by atoms with van der Waals surface area (Å²) < 4.78 is 0. The number of carbonyl (C=O) groups is 2. The lowest BCUT2D eigenvalue weighted by Crippen LogP contribution is -2.01. The number of hydrogen-bond donors (Lipinski definition) is 2. The highest BCUT2D eigenvalue weighted by atomic mass is 16.4. The fraction of sp³-hybridized carbons (Fsp3) is 0. The number of aromatic carboxylic acids is 2. The first-order valence-corrected chi connectivity index (χ1v) is 6.66. The highest BCUT2D eigenvalue weighted by Gasteiger charge is 2.16. The van der Waals surface area contributed by atoms with Crippen LogP contribution in [0.25, 0.3) is 21.9 Å². The van der Waals surface area contributed by atoms with Crippen molar-refractivity contribution in [2.75, 3.05) is 0 Å². The molecule has 0 aromatic heterocycles. The van der Waals surface area contributed by atoms with Gasteiger partial charge < -0.3 is 10.2 Å². The Bertz CT molecular complexity index is 879. The molecule has 0 spiro atoms. The zero-order valence-electron chi connectivity index (χ0n) is 11.5. The first-order chi connectivity index (χ1) is 10.6. The summed E-state index contributed by atoms with van der Waals surface area (Å²) in [5.41, 5.74) is 1.64. The quantitative estimate of drug-likeness (QED) is 0.767. The zero-order valence-corrected chi connectivity index (χ0v) is 11.5. The molecule has 4 heteroatoms. The maximum absolute atomic E-state index is 11.7. The van der Waals surface area contributed by atoms with Crippen LogP contribution in [0.3, 0.4) is 0 Å². The van der Waals surface area contributed by atoms with E-state index in [1.54, 1.807) is 30.3 Å². The number of carboxylic acids is 2. The van der Waals surface area contributed by atoms with Crippen molar-refractivity contribution in [2.24, 2.45) is 0 Å². The number of hydrogen-bond acceptors (Lipinski definition) is 2. The van der Waals surface area contributed by atoms with Gasteiger partial charge in [0, 0.05) is 0 Å². The molecule has 0 aliphatic carbocycles. The van der Waals surface area contributed by atoms with Crippen LogP contribution < -0.4 is 0 Å². The van der Waals surface area contributed by atoms with Gasteiger partial charge in [0.15, 0.2) is 0 Å². The highest BCUT2D eigenvalue weighted by molar-refractivity contribution is 6.09. The minimum atomic E-state index is -1.01. The molecular weight excluding hydrogens is 280 g/mol. The van der Waals surface area contributed by atoms with Gasteiger partial charge in [-0.15, -0.1) is 0 Å². The SMILES string of the molecule is O=C(O)c1ccc(-c2ccc3ccccc3c2C(=O)O)cc1. The third kappa shape index (κ3) is 2.31. The van der Waals surface area contributed by atoms with Crippen molar-refractivity contribution < 1.29 is 19.8 Å². The molecule has 2 N–H and O–H groups in total. The molecule has 0 saturated carbocycles. The molecule has 3 aromatic carbocycles. The van der Waals surface area contributed by atoms with E-state index in [1.165, 1.54) is 12.1 Å². The molecule has 3 aromatic rings. The Hall–Kier alpha value is -3.14. The van der Waals surface area contributed by atoms with Gasteiger partial charge in [-0.2, -0.15) is 0 Å². The molecule has 0 aliphatic rings. The van der Waals surface area contributed by atoms with Crippen molar-refractivity contribution in [3.05, 3.63) is 71.8 Å². The minimum Gasteiger partial charge on any atom is -0.478 e. The lowest BCUT2D eigenvalue weighted by atomic mass is 9.94. The molecule has 0 fully saturated rings. The largest absolute Gasteiger partial charge is 0.478 e. The van der Waals surface area contributed by atoms with Gasteiger partial charge in [-0.1, -0.05) is 48.5 Å². The maximum atomic E-state index is 11.7. The van der Waals surface area contributed by atoms with E-state index in [-0.39, 0.29) is 11.1 Å². The van der Waals surface area contributed by atoms with Crippen molar-refractivity contribution in [1.29, 1.82) is 0 Å². The van der Waals surface area contributed by atoms with Gasteiger partial charge in [0.2, 0.25) is 0 Å². The van der Waals surface area contributed by atoms with E-state index in [4.69, 9.17) is 5.11 Å². The Kier molecular flexibility index (Phi) is 3.35. The van der Waals surface area contributed by atoms with E-state index in [0.717, 1.165) is 5.39 Å². The molecule has 0 heterocycles. The van der Waals surface area contributed by atoms with Gasteiger partial charge >= 0.3 is 11.9 Å². The van der Waals surface area contributed by atoms with Crippen LogP contribution >= 0.6 is 0 Å². The molecule has 4 nitrogen and oxygen atoms in total. The summed E-state index contributed by atoms with van der Waals surface area (Å²) in [7, 11) is 0. The van der Waals surface area contributed by atoms with E-state index < -0.39 is 11.9 Å². The van der Waals surface area contributed by atoms with E-state index >= 15 is 0 Å². The summed E-state index contributed by atoms with van der Waals surface area (Å²) in [6.07, 6.45) is 0. The van der Waals surface area contributed by atoms with Gasteiger partial charge in [0.1, 0.15) is 0 Å². The molecule has 0 bridgehead atoms. The second-order valence-corrected chi connectivity index (χ2v) is 4.90. The van der Waals surface area contributed by atoms with Gasteiger partial charge in [-0.3, -0.25) is 0 Å².